The standard InChI is InChI=1S/C15H11ClN2O2/c16-13-9-14(20-10-12-7-4-8-19-12)18-15(17-13)11-5-2-1-3-6-11/h1-9H,10H2. The summed E-state index contributed by atoms with van der Waals surface area (Å²) in [6.07, 6.45) is 1.60. The van der Waals surface area contributed by atoms with E-state index < -0.39 is 0 Å². The third-order valence-electron chi connectivity index (χ3n) is 2.65. The van der Waals surface area contributed by atoms with Gasteiger partial charge in [-0.25, -0.2) is 4.98 Å². The number of hydrogen-bond donors (Lipinski definition) is 0. The molecule has 1 aromatic carbocycles. The molecule has 0 saturated carbocycles. The molecule has 0 unspecified atom stereocenters. The predicted molar refractivity (Wildman–Crippen MR) is 75.5 cm³/mol. The average Bonchev–Trinajstić information content (AvgIpc) is 2.99. The van der Waals surface area contributed by atoms with Crippen molar-refractivity contribution >= 4 is 11.6 Å². The minimum absolute atomic E-state index is 0.300. The molecular weight excluding hydrogens is 276 g/mol. The second-order valence-electron chi connectivity index (χ2n) is 4.09. The highest BCUT2D eigenvalue weighted by atomic mass is 35.5. The topological polar surface area (TPSA) is 48.2 Å². The Balaban J connectivity index is 1.83. The molecule has 4 nitrogen and oxygen atoms in total. The number of rotatable bonds is 4. The van der Waals surface area contributed by atoms with Crippen LogP contribution < -0.4 is 4.74 Å². The Morgan fingerprint density at radius 1 is 1.05 bits per heavy atom. The van der Waals surface area contributed by atoms with Crippen LogP contribution in [-0.2, 0) is 6.61 Å². The molecule has 5 heteroatoms. The van der Waals surface area contributed by atoms with Gasteiger partial charge in [0.15, 0.2) is 5.82 Å². The zero-order valence-electron chi connectivity index (χ0n) is 10.5. The molecule has 0 N–H and O–H groups in total. The average molecular weight is 287 g/mol. The Morgan fingerprint density at radius 2 is 1.90 bits per heavy atom. The number of nitrogens with zero attached hydrogens (tertiary/aromatic N) is 2. The first-order valence-corrected chi connectivity index (χ1v) is 6.44. The predicted octanol–water partition coefficient (Wildman–Crippen LogP) is 3.97. The first kappa shape index (κ1) is 12.7. The van der Waals surface area contributed by atoms with Crippen LogP contribution in [0.2, 0.25) is 5.15 Å². The smallest absolute Gasteiger partial charge is 0.218 e. The lowest BCUT2D eigenvalue weighted by Crippen LogP contribution is -1.98. The van der Waals surface area contributed by atoms with Crippen LogP contribution in [-0.4, -0.2) is 9.97 Å². The molecule has 0 aliphatic heterocycles. The normalized spacial score (nSPS) is 10.4. The highest BCUT2D eigenvalue weighted by molar-refractivity contribution is 6.29. The van der Waals surface area contributed by atoms with Crippen molar-refractivity contribution < 1.29 is 9.15 Å². The highest BCUT2D eigenvalue weighted by Crippen LogP contribution is 2.21. The number of hydrogen-bond acceptors (Lipinski definition) is 4. The van der Waals surface area contributed by atoms with E-state index >= 15 is 0 Å². The number of furan rings is 1. The van der Waals surface area contributed by atoms with Crippen molar-refractivity contribution in [2.75, 3.05) is 0 Å². The van der Waals surface area contributed by atoms with Gasteiger partial charge in [0.25, 0.3) is 0 Å². The van der Waals surface area contributed by atoms with E-state index in [0.29, 0.717) is 23.5 Å². The van der Waals surface area contributed by atoms with E-state index in [4.69, 9.17) is 20.8 Å². The molecule has 0 radical (unpaired) electrons. The third-order valence-corrected chi connectivity index (χ3v) is 2.84. The summed E-state index contributed by atoms with van der Waals surface area (Å²) < 4.78 is 10.8. The summed E-state index contributed by atoms with van der Waals surface area (Å²) in [5.74, 6) is 1.67. The second-order valence-corrected chi connectivity index (χ2v) is 4.47. The Hall–Kier alpha value is -2.33. The lowest BCUT2D eigenvalue weighted by Gasteiger charge is -2.06. The van der Waals surface area contributed by atoms with Crippen LogP contribution in [0.1, 0.15) is 5.76 Å². The van der Waals surface area contributed by atoms with Gasteiger partial charge in [0.1, 0.15) is 17.5 Å². The van der Waals surface area contributed by atoms with Crippen molar-refractivity contribution in [1.82, 2.24) is 9.97 Å². The third kappa shape index (κ3) is 2.97. The molecule has 0 bridgehead atoms. The number of benzene rings is 1. The molecule has 100 valence electrons. The molecule has 20 heavy (non-hydrogen) atoms. The first-order valence-electron chi connectivity index (χ1n) is 6.06. The van der Waals surface area contributed by atoms with E-state index in [0.717, 1.165) is 11.3 Å². The van der Waals surface area contributed by atoms with Crippen LogP contribution in [0.25, 0.3) is 11.4 Å². The van der Waals surface area contributed by atoms with Gasteiger partial charge >= 0.3 is 0 Å². The summed E-state index contributed by atoms with van der Waals surface area (Å²) in [7, 11) is 0. The highest BCUT2D eigenvalue weighted by Gasteiger charge is 2.07. The van der Waals surface area contributed by atoms with Crippen LogP contribution >= 0.6 is 11.6 Å². The molecule has 0 saturated heterocycles. The van der Waals surface area contributed by atoms with Crippen LogP contribution in [0.5, 0.6) is 5.88 Å². The van der Waals surface area contributed by atoms with Gasteiger partial charge in [-0.2, -0.15) is 4.98 Å². The zero-order valence-corrected chi connectivity index (χ0v) is 11.2. The van der Waals surface area contributed by atoms with Gasteiger partial charge in [0, 0.05) is 11.6 Å². The molecule has 2 heterocycles. The molecule has 0 fully saturated rings. The number of ether oxygens (including phenoxy) is 1. The van der Waals surface area contributed by atoms with Crippen molar-refractivity contribution in [2.45, 2.75) is 6.61 Å². The largest absolute Gasteiger partial charge is 0.469 e. The number of aromatic nitrogens is 2. The molecule has 0 spiro atoms. The number of halogens is 1. The van der Waals surface area contributed by atoms with Crippen LogP contribution in [0.4, 0.5) is 0 Å². The Morgan fingerprint density at radius 3 is 2.65 bits per heavy atom. The van der Waals surface area contributed by atoms with E-state index in [1.807, 2.05) is 36.4 Å². The van der Waals surface area contributed by atoms with Gasteiger partial charge in [0.05, 0.1) is 6.26 Å². The second kappa shape index (κ2) is 5.75. The fourth-order valence-electron chi connectivity index (χ4n) is 1.73. The molecule has 3 rings (SSSR count). The first-order chi connectivity index (χ1) is 9.81. The SMILES string of the molecule is Clc1cc(OCc2ccco2)nc(-c2ccccc2)n1. The van der Waals surface area contributed by atoms with Gasteiger partial charge in [-0.05, 0) is 12.1 Å². The van der Waals surface area contributed by atoms with E-state index in [2.05, 4.69) is 9.97 Å². The monoisotopic (exact) mass is 286 g/mol. The van der Waals surface area contributed by atoms with Gasteiger partial charge in [-0.3, -0.25) is 0 Å². The van der Waals surface area contributed by atoms with Gasteiger partial charge in [0.2, 0.25) is 5.88 Å². The zero-order chi connectivity index (χ0) is 13.8. The minimum atomic E-state index is 0.300. The molecule has 0 aliphatic carbocycles. The molecule has 3 aromatic rings. The summed E-state index contributed by atoms with van der Waals surface area (Å²) in [5.41, 5.74) is 0.887. The fourth-order valence-corrected chi connectivity index (χ4v) is 1.90. The van der Waals surface area contributed by atoms with E-state index in [1.54, 1.807) is 18.4 Å². The van der Waals surface area contributed by atoms with Crippen molar-refractivity contribution in [2.24, 2.45) is 0 Å². The van der Waals surface area contributed by atoms with E-state index in [-0.39, 0.29) is 0 Å². The van der Waals surface area contributed by atoms with Crippen LogP contribution in [0.3, 0.4) is 0 Å². The maximum atomic E-state index is 6.01. The van der Waals surface area contributed by atoms with Crippen molar-refractivity contribution in [3.05, 3.63) is 65.7 Å². The molecule has 0 amide bonds. The maximum absolute atomic E-state index is 6.01. The summed E-state index contributed by atoms with van der Waals surface area (Å²) >= 11 is 6.01. The fraction of sp³-hybridized carbons (Fsp3) is 0.0667. The summed E-state index contributed by atoms with van der Waals surface area (Å²) in [6, 6.07) is 14.8. The van der Waals surface area contributed by atoms with Gasteiger partial charge in [-0.15, -0.1) is 0 Å². The van der Waals surface area contributed by atoms with E-state index in [1.165, 1.54) is 0 Å². The quantitative estimate of drug-likeness (QED) is 0.681. The van der Waals surface area contributed by atoms with E-state index in [9.17, 15) is 0 Å². The Bertz CT molecular complexity index is 684. The Kier molecular flexibility index (Phi) is 3.65. The lowest BCUT2D eigenvalue weighted by molar-refractivity contribution is 0.260. The molecule has 0 atom stereocenters. The molecular formula is C15H11ClN2O2. The van der Waals surface area contributed by atoms with Crippen molar-refractivity contribution in [3.8, 4) is 17.3 Å². The maximum Gasteiger partial charge on any atom is 0.218 e. The lowest BCUT2D eigenvalue weighted by atomic mass is 10.2. The molecule has 0 aliphatic rings. The summed E-state index contributed by atoms with van der Waals surface area (Å²) in [4.78, 5) is 8.54. The molecule has 2 aromatic heterocycles. The summed E-state index contributed by atoms with van der Waals surface area (Å²) in [5, 5.41) is 0.341. The summed E-state index contributed by atoms with van der Waals surface area (Å²) in [6.45, 7) is 0.300. The van der Waals surface area contributed by atoms with Gasteiger partial charge < -0.3 is 9.15 Å². The van der Waals surface area contributed by atoms with Crippen LogP contribution in [0.15, 0.2) is 59.2 Å². The van der Waals surface area contributed by atoms with Crippen LogP contribution in [0, 0.1) is 0 Å². The Labute approximate surface area is 121 Å². The van der Waals surface area contributed by atoms with Crippen molar-refractivity contribution in [1.29, 1.82) is 0 Å². The van der Waals surface area contributed by atoms with Crippen molar-refractivity contribution in [3.63, 3.8) is 0 Å². The van der Waals surface area contributed by atoms with Gasteiger partial charge in [-0.1, -0.05) is 41.9 Å². The minimum Gasteiger partial charge on any atom is -0.469 e.